The lowest BCUT2D eigenvalue weighted by molar-refractivity contribution is 0.341. The number of allylic oxidation sites excluding steroid dienone is 1. The van der Waals surface area contributed by atoms with E-state index in [9.17, 15) is 0 Å². The minimum Gasteiger partial charge on any atom is -0.306 e. The summed E-state index contributed by atoms with van der Waals surface area (Å²) >= 11 is 0. The summed E-state index contributed by atoms with van der Waals surface area (Å²) in [5.41, 5.74) is 0.436. The zero-order valence-electron chi connectivity index (χ0n) is 10.6. The van der Waals surface area contributed by atoms with Crippen molar-refractivity contribution in [1.29, 1.82) is 0 Å². The van der Waals surface area contributed by atoms with E-state index >= 15 is 0 Å². The highest BCUT2D eigenvalue weighted by molar-refractivity contribution is 4.86. The molecule has 0 heterocycles. The molecule has 0 fully saturated rings. The summed E-state index contributed by atoms with van der Waals surface area (Å²) in [5.74, 6) is 0. The van der Waals surface area contributed by atoms with E-state index in [1.165, 1.54) is 32.4 Å². The van der Waals surface area contributed by atoms with Crippen molar-refractivity contribution in [2.45, 2.75) is 47.0 Å². The van der Waals surface area contributed by atoms with Crippen LogP contribution in [-0.2, 0) is 0 Å². The molecule has 0 aliphatic carbocycles. The molecule has 0 spiro atoms. The third-order valence-corrected chi connectivity index (χ3v) is 2.18. The normalized spacial score (nSPS) is 13.0. The van der Waals surface area contributed by atoms with E-state index in [2.05, 4.69) is 51.8 Å². The fraction of sp³-hybridized carbons (Fsp3) is 0.846. The molecule has 0 saturated carbocycles. The second-order valence-electron chi connectivity index (χ2n) is 5.33. The molecule has 0 aromatic heterocycles. The maximum atomic E-state index is 2.39. The van der Waals surface area contributed by atoms with E-state index in [1.54, 1.807) is 0 Å². The molecule has 14 heavy (non-hydrogen) atoms. The van der Waals surface area contributed by atoms with Crippen molar-refractivity contribution in [3.8, 4) is 0 Å². The molecular weight excluding hydrogens is 170 g/mol. The Balaban J connectivity index is 3.44. The molecular formula is C13H27N. The van der Waals surface area contributed by atoms with Gasteiger partial charge >= 0.3 is 0 Å². The fourth-order valence-electron chi connectivity index (χ4n) is 1.34. The van der Waals surface area contributed by atoms with Crippen LogP contribution in [0.5, 0.6) is 0 Å². The third-order valence-electron chi connectivity index (χ3n) is 2.18. The Morgan fingerprint density at radius 2 is 1.71 bits per heavy atom. The quantitative estimate of drug-likeness (QED) is 0.587. The Kier molecular flexibility index (Phi) is 6.90. The van der Waals surface area contributed by atoms with E-state index in [1.807, 2.05) is 0 Å². The monoisotopic (exact) mass is 197 g/mol. The van der Waals surface area contributed by atoms with Gasteiger partial charge in [0, 0.05) is 6.54 Å². The topological polar surface area (TPSA) is 3.24 Å². The van der Waals surface area contributed by atoms with Gasteiger partial charge in [0.15, 0.2) is 0 Å². The van der Waals surface area contributed by atoms with Gasteiger partial charge < -0.3 is 4.90 Å². The van der Waals surface area contributed by atoms with Gasteiger partial charge in [0.2, 0.25) is 0 Å². The standard InChI is InChI=1S/C13H27N/c1-6-11-14(5)12-9-7-8-10-13(2,3)4/h7-8H,6,9-12H2,1-5H3/b8-7-. The molecule has 0 bridgehead atoms. The lowest BCUT2D eigenvalue weighted by atomic mass is 9.92. The van der Waals surface area contributed by atoms with Crippen LogP contribution in [0.15, 0.2) is 12.2 Å². The summed E-state index contributed by atoms with van der Waals surface area (Å²) in [6.07, 6.45) is 8.26. The van der Waals surface area contributed by atoms with Crippen molar-refractivity contribution in [2.24, 2.45) is 5.41 Å². The van der Waals surface area contributed by atoms with Gasteiger partial charge in [-0.05, 0) is 38.3 Å². The van der Waals surface area contributed by atoms with Crippen LogP contribution < -0.4 is 0 Å². The smallest absolute Gasteiger partial charge is 0.00128 e. The first kappa shape index (κ1) is 13.7. The molecule has 84 valence electrons. The summed E-state index contributed by atoms with van der Waals surface area (Å²) in [6, 6.07) is 0. The SMILES string of the molecule is CCCN(C)CC/C=C\CC(C)(C)C. The molecule has 0 N–H and O–H groups in total. The van der Waals surface area contributed by atoms with E-state index in [4.69, 9.17) is 0 Å². The Hall–Kier alpha value is -0.300. The van der Waals surface area contributed by atoms with Gasteiger partial charge in [-0.15, -0.1) is 0 Å². The molecule has 0 saturated heterocycles. The summed E-state index contributed by atoms with van der Waals surface area (Å²) in [7, 11) is 2.20. The van der Waals surface area contributed by atoms with Crippen LogP contribution in [0, 0.1) is 5.41 Å². The number of hydrogen-bond donors (Lipinski definition) is 0. The number of rotatable bonds is 6. The lowest BCUT2D eigenvalue weighted by Gasteiger charge is -2.15. The van der Waals surface area contributed by atoms with Crippen LogP contribution in [0.3, 0.4) is 0 Å². The van der Waals surface area contributed by atoms with Crippen molar-refractivity contribution in [2.75, 3.05) is 20.1 Å². The van der Waals surface area contributed by atoms with E-state index in [0.29, 0.717) is 5.41 Å². The second kappa shape index (κ2) is 7.05. The van der Waals surface area contributed by atoms with Gasteiger partial charge in [-0.1, -0.05) is 39.8 Å². The van der Waals surface area contributed by atoms with Crippen LogP contribution in [0.25, 0.3) is 0 Å². The molecule has 0 amide bonds. The van der Waals surface area contributed by atoms with Crippen LogP contribution in [0.1, 0.15) is 47.0 Å². The molecule has 1 nitrogen and oxygen atoms in total. The van der Waals surface area contributed by atoms with Crippen molar-refractivity contribution in [1.82, 2.24) is 4.90 Å². The molecule has 0 aliphatic heterocycles. The molecule has 0 aromatic rings. The molecule has 0 aliphatic rings. The lowest BCUT2D eigenvalue weighted by Crippen LogP contribution is -2.19. The maximum absolute atomic E-state index is 2.39. The largest absolute Gasteiger partial charge is 0.306 e. The fourth-order valence-corrected chi connectivity index (χ4v) is 1.34. The van der Waals surface area contributed by atoms with Gasteiger partial charge in [0.05, 0.1) is 0 Å². The Bertz CT molecular complexity index is 153. The third kappa shape index (κ3) is 9.79. The molecule has 0 rings (SSSR count). The van der Waals surface area contributed by atoms with Crippen LogP contribution in [-0.4, -0.2) is 25.0 Å². The molecule has 0 atom stereocenters. The summed E-state index contributed by atoms with van der Waals surface area (Å²) in [6.45, 7) is 11.5. The van der Waals surface area contributed by atoms with Gasteiger partial charge in [0.1, 0.15) is 0 Å². The summed E-state index contributed by atoms with van der Waals surface area (Å²) in [5, 5.41) is 0. The van der Waals surface area contributed by atoms with Crippen LogP contribution in [0.2, 0.25) is 0 Å². The van der Waals surface area contributed by atoms with E-state index in [-0.39, 0.29) is 0 Å². The van der Waals surface area contributed by atoms with Gasteiger partial charge in [-0.25, -0.2) is 0 Å². The number of nitrogens with zero attached hydrogens (tertiary/aromatic N) is 1. The minimum absolute atomic E-state index is 0.436. The maximum Gasteiger partial charge on any atom is 0.00128 e. The van der Waals surface area contributed by atoms with Crippen molar-refractivity contribution in [3.05, 3.63) is 12.2 Å². The number of hydrogen-bond acceptors (Lipinski definition) is 1. The van der Waals surface area contributed by atoms with Gasteiger partial charge in [-0.3, -0.25) is 0 Å². The minimum atomic E-state index is 0.436. The highest BCUT2D eigenvalue weighted by Gasteiger charge is 2.05. The summed E-state index contributed by atoms with van der Waals surface area (Å²) < 4.78 is 0. The summed E-state index contributed by atoms with van der Waals surface area (Å²) in [4.78, 5) is 2.39. The van der Waals surface area contributed by atoms with Crippen molar-refractivity contribution in [3.63, 3.8) is 0 Å². The first-order chi connectivity index (χ1) is 6.45. The van der Waals surface area contributed by atoms with Crippen molar-refractivity contribution >= 4 is 0 Å². The van der Waals surface area contributed by atoms with Gasteiger partial charge in [0.25, 0.3) is 0 Å². The zero-order valence-corrected chi connectivity index (χ0v) is 10.6. The van der Waals surface area contributed by atoms with Crippen LogP contribution in [0.4, 0.5) is 0 Å². The second-order valence-corrected chi connectivity index (χ2v) is 5.33. The van der Waals surface area contributed by atoms with E-state index in [0.717, 1.165) is 0 Å². The Morgan fingerprint density at radius 1 is 1.07 bits per heavy atom. The molecule has 1 heteroatoms. The molecule has 0 unspecified atom stereocenters. The molecule has 0 aromatic carbocycles. The Labute approximate surface area is 90.2 Å². The zero-order chi connectivity index (χ0) is 11.0. The molecule has 0 radical (unpaired) electrons. The predicted octanol–water partition coefficient (Wildman–Crippen LogP) is 3.71. The van der Waals surface area contributed by atoms with Crippen molar-refractivity contribution < 1.29 is 0 Å². The highest BCUT2D eigenvalue weighted by atomic mass is 15.1. The average Bonchev–Trinajstić information content (AvgIpc) is 2.02. The average molecular weight is 197 g/mol. The first-order valence-electron chi connectivity index (χ1n) is 5.79. The van der Waals surface area contributed by atoms with Crippen LogP contribution >= 0.6 is 0 Å². The first-order valence-corrected chi connectivity index (χ1v) is 5.79. The predicted molar refractivity (Wildman–Crippen MR) is 65.6 cm³/mol. The van der Waals surface area contributed by atoms with Gasteiger partial charge in [-0.2, -0.15) is 0 Å². The van der Waals surface area contributed by atoms with E-state index < -0.39 is 0 Å². The Morgan fingerprint density at radius 3 is 2.21 bits per heavy atom. The highest BCUT2D eigenvalue weighted by Crippen LogP contribution is 2.18.